The maximum absolute atomic E-state index is 14.2. The number of rotatable bonds is 19. The Hall–Kier alpha value is -2.19. The highest BCUT2D eigenvalue weighted by molar-refractivity contribution is 6.01. The lowest BCUT2D eigenvalue weighted by Gasteiger charge is -2.45. The Balaban J connectivity index is 1.44. The van der Waals surface area contributed by atoms with Crippen LogP contribution in [0.25, 0.3) is 0 Å². The van der Waals surface area contributed by atoms with Gasteiger partial charge in [0.15, 0.2) is 11.6 Å². The van der Waals surface area contributed by atoms with Crippen molar-refractivity contribution in [2.24, 2.45) is 16.7 Å². The van der Waals surface area contributed by atoms with Crippen LogP contribution >= 0.6 is 0 Å². The van der Waals surface area contributed by atoms with Gasteiger partial charge in [0, 0.05) is 40.2 Å². The fraction of sp³-hybridized carbons (Fsp3) is 0.825. The zero-order chi connectivity index (χ0) is 34.8. The molecule has 4 unspecified atom stereocenters. The van der Waals surface area contributed by atoms with E-state index < -0.39 is 29.2 Å². The summed E-state index contributed by atoms with van der Waals surface area (Å²) in [7, 11) is 0. The van der Waals surface area contributed by atoms with Crippen LogP contribution in [0.15, 0.2) is 12.3 Å². The van der Waals surface area contributed by atoms with Gasteiger partial charge in [-0.15, -0.1) is 0 Å². The molecule has 1 amide bonds. The number of carboxylic acid groups (broad SMARTS) is 1. The van der Waals surface area contributed by atoms with Gasteiger partial charge in [-0.1, -0.05) is 111 Å². The molecule has 0 bridgehead atoms. The topological polar surface area (TPSA) is 118 Å². The quantitative estimate of drug-likeness (QED) is 0.0997. The van der Waals surface area contributed by atoms with Gasteiger partial charge in [0.1, 0.15) is 6.10 Å². The molecule has 4 atom stereocenters. The summed E-state index contributed by atoms with van der Waals surface area (Å²) in [5.41, 5.74) is 0.282. The minimum absolute atomic E-state index is 0.0835. The van der Waals surface area contributed by atoms with Gasteiger partial charge < -0.3 is 24.9 Å². The number of aromatic amines is 1. The molecule has 1 saturated heterocycles. The number of Topliss-reactive ketones (excluding diaryl/α,β-unsaturated/α-hetero) is 1. The number of hydrogen-bond donors (Lipinski definition) is 3. The smallest absolute Gasteiger partial charge is 0.304 e. The molecule has 8 nitrogen and oxygen atoms in total. The first-order chi connectivity index (χ1) is 22.9. The Morgan fingerprint density at radius 3 is 2.19 bits per heavy atom. The van der Waals surface area contributed by atoms with Crippen molar-refractivity contribution in [3.63, 3.8) is 0 Å². The normalized spacial score (nSPS) is 25.4. The van der Waals surface area contributed by atoms with Crippen molar-refractivity contribution in [3.05, 3.63) is 23.5 Å². The Bertz CT molecular complexity index is 1180. The van der Waals surface area contributed by atoms with E-state index in [1.54, 1.807) is 12.3 Å². The summed E-state index contributed by atoms with van der Waals surface area (Å²) in [6.07, 6.45) is 22.4. The molecule has 0 aromatic carbocycles. The fourth-order valence-corrected chi connectivity index (χ4v) is 8.76. The minimum atomic E-state index is -0.902. The lowest BCUT2D eigenvalue weighted by molar-refractivity contribution is -0.298. The standard InChI is InChI=1S/C40H66N2O6/c1-6-7-8-9-10-11-12-13-14-17-23-40(24-18-19-25-40)37(46)42-32-21-16-15-20-29(32)31(27-33(43)44)34-30(22-26-41-34)35(45)36-38(2,3)28-47-39(4,5)48-36/h22,26,29,31-32,36,41H,6-21,23-25,27-28H2,1-5H3,(H,42,46)(H,43,44). The molecule has 1 aliphatic heterocycles. The Kier molecular flexibility index (Phi) is 14.2. The molecule has 0 spiro atoms. The van der Waals surface area contributed by atoms with Crippen LogP contribution in [0.1, 0.15) is 185 Å². The van der Waals surface area contributed by atoms with Crippen molar-refractivity contribution in [1.29, 1.82) is 0 Å². The molecule has 3 fully saturated rings. The third-order valence-corrected chi connectivity index (χ3v) is 11.7. The Labute approximate surface area is 290 Å². The molecule has 272 valence electrons. The van der Waals surface area contributed by atoms with Crippen LogP contribution in [0.4, 0.5) is 0 Å². The molecule has 3 aliphatic rings. The second kappa shape index (κ2) is 17.6. The predicted octanol–water partition coefficient (Wildman–Crippen LogP) is 9.48. The monoisotopic (exact) mass is 670 g/mol. The van der Waals surface area contributed by atoms with E-state index in [0.717, 1.165) is 64.2 Å². The van der Waals surface area contributed by atoms with E-state index in [0.29, 0.717) is 17.9 Å². The number of ketones is 1. The number of ether oxygens (including phenoxy) is 2. The van der Waals surface area contributed by atoms with Crippen molar-refractivity contribution in [2.45, 2.75) is 187 Å². The number of carboxylic acids is 1. The van der Waals surface area contributed by atoms with Gasteiger partial charge in [0.25, 0.3) is 0 Å². The van der Waals surface area contributed by atoms with E-state index in [9.17, 15) is 19.5 Å². The maximum Gasteiger partial charge on any atom is 0.304 e. The number of unbranched alkanes of at least 4 members (excludes halogenated alkanes) is 9. The molecule has 0 radical (unpaired) electrons. The molecule has 1 aromatic rings. The van der Waals surface area contributed by atoms with E-state index in [-0.39, 0.29) is 35.5 Å². The summed E-state index contributed by atoms with van der Waals surface area (Å²) >= 11 is 0. The highest BCUT2D eigenvalue weighted by Gasteiger charge is 2.48. The molecule has 2 aliphatic carbocycles. The summed E-state index contributed by atoms with van der Waals surface area (Å²) < 4.78 is 12.1. The number of H-pyrrole nitrogens is 1. The van der Waals surface area contributed by atoms with Crippen molar-refractivity contribution in [3.8, 4) is 0 Å². The molecule has 2 heterocycles. The third kappa shape index (κ3) is 10.2. The van der Waals surface area contributed by atoms with Gasteiger partial charge in [-0.25, -0.2) is 0 Å². The molecule has 4 rings (SSSR count). The number of aliphatic carboxylic acids is 1. The number of carbonyl (C=O) groups excluding carboxylic acids is 2. The van der Waals surface area contributed by atoms with Crippen LogP contribution in [0.3, 0.4) is 0 Å². The average molecular weight is 671 g/mol. The van der Waals surface area contributed by atoms with Gasteiger partial charge in [0.05, 0.1) is 13.0 Å². The van der Waals surface area contributed by atoms with Crippen LogP contribution in [0.2, 0.25) is 0 Å². The second-order valence-corrected chi connectivity index (χ2v) is 16.5. The summed E-state index contributed by atoms with van der Waals surface area (Å²) in [5.74, 6) is -2.29. The van der Waals surface area contributed by atoms with Gasteiger partial charge in [-0.05, 0) is 57.9 Å². The zero-order valence-corrected chi connectivity index (χ0v) is 30.8. The average Bonchev–Trinajstić information content (AvgIpc) is 3.73. The summed E-state index contributed by atoms with van der Waals surface area (Å²) in [6.45, 7) is 10.2. The van der Waals surface area contributed by atoms with Gasteiger partial charge in [-0.3, -0.25) is 14.4 Å². The van der Waals surface area contributed by atoms with Crippen molar-refractivity contribution >= 4 is 17.7 Å². The van der Waals surface area contributed by atoms with Crippen LogP contribution in [0, 0.1) is 16.7 Å². The lowest BCUT2D eigenvalue weighted by Crippen LogP contribution is -2.53. The molecule has 1 aromatic heterocycles. The zero-order valence-electron chi connectivity index (χ0n) is 30.8. The SMILES string of the molecule is CCCCCCCCCCCCC1(C(=O)NC2CCCCC2C(CC(=O)O)c2[nH]ccc2C(=O)C2OC(C)(C)OCC2(C)C)CCCC1. The highest BCUT2D eigenvalue weighted by atomic mass is 16.7. The van der Waals surface area contributed by atoms with Crippen LogP contribution in [-0.2, 0) is 19.1 Å². The van der Waals surface area contributed by atoms with E-state index in [1.165, 1.54) is 57.8 Å². The molecule has 2 saturated carbocycles. The highest BCUT2D eigenvalue weighted by Crippen LogP contribution is 2.45. The number of nitrogens with one attached hydrogen (secondary N) is 2. The van der Waals surface area contributed by atoms with Gasteiger partial charge in [0.2, 0.25) is 5.91 Å². The van der Waals surface area contributed by atoms with Crippen molar-refractivity contribution < 1.29 is 29.0 Å². The van der Waals surface area contributed by atoms with Crippen molar-refractivity contribution in [1.82, 2.24) is 10.3 Å². The molecule has 48 heavy (non-hydrogen) atoms. The van der Waals surface area contributed by atoms with E-state index in [2.05, 4.69) is 17.2 Å². The van der Waals surface area contributed by atoms with Gasteiger partial charge in [-0.2, -0.15) is 0 Å². The van der Waals surface area contributed by atoms with Crippen LogP contribution in [-0.4, -0.2) is 52.3 Å². The first-order valence-electron chi connectivity index (χ1n) is 19.5. The first-order valence-corrected chi connectivity index (χ1v) is 19.5. The number of hydrogen-bond acceptors (Lipinski definition) is 5. The summed E-state index contributed by atoms with van der Waals surface area (Å²) in [6, 6.07) is 1.65. The number of amides is 1. The summed E-state index contributed by atoms with van der Waals surface area (Å²) in [4.78, 5) is 44.0. The van der Waals surface area contributed by atoms with Gasteiger partial charge >= 0.3 is 5.97 Å². The second-order valence-electron chi connectivity index (χ2n) is 16.5. The van der Waals surface area contributed by atoms with E-state index >= 15 is 0 Å². The molecule has 3 N–H and O–H groups in total. The van der Waals surface area contributed by atoms with Crippen LogP contribution < -0.4 is 5.32 Å². The van der Waals surface area contributed by atoms with Crippen LogP contribution in [0.5, 0.6) is 0 Å². The minimum Gasteiger partial charge on any atom is -0.481 e. The maximum atomic E-state index is 14.2. The Morgan fingerprint density at radius 2 is 1.54 bits per heavy atom. The molecule has 8 heteroatoms. The van der Waals surface area contributed by atoms with E-state index in [1.807, 2.05) is 27.7 Å². The Morgan fingerprint density at radius 1 is 0.917 bits per heavy atom. The lowest BCUT2D eigenvalue weighted by atomic mass is 9.71. The number of carbonyl (C=O) groups is 3. The van der Waals surface area contributed by atoms with Crippen molar-refractivity contribution in [2.75, 3.05) is 6.61 Å². The largest absolute Gasteiger partial charge is 0.481 e. The number of aromatic nitrogens is 1. The predicted molar refractivity (Wildman–Crippen MR) is 190 cm³/mol. The third-order valence-electron chi connectivity index (χ3n) is 11.7. The first kappa shape index (κ1) is 38.6. The fourth-order valence-electron chi connectivity index (χ4n) is 8.76. The summed E-state index contributed by atoms with van der Waals surface area (Å²) in [5, 5.41) is 13.6. The van der Waals surface area contributed by atoms with E-state index in [4.69, 9.17) is 9.47 Å². The molecular weight excluding hydrogens is 604 g/mol. The molecular formula is C40H66N2O6.